The van der Waals surface area contributed by atoms with Gasteiger partial charge >= 0.3 is 0 Å². The molecule has 1 fully saturated rings. The molecule has 2 nitrogen and oxygen atoms in total. The van der Waals surface area contributed by atoms with Crippen molar-refractivity contribution in [1.29, 1.82) is 0 Å². The van der Waals surface area contributed by atoms with Gasteiger partial charge in [0, 0.05) is 6.54 Å². The lowest BCUT2D eigenvalue weighted by molar-refractivity contribution is 0.372. The third-order valence-corrected chi connectivity index (χ3v) is 3.67. The normalized spacial score (nSPS) is 19.2. The second kappa shape index (κ2) is 5.00. The van der Waals surface area contributed by atoms with E-state index in [-0.39, 0.29) is 15.5 Å². The van der Waals surface area contributed by atoms with Gasteiger partial charge in [0.2, 0.25) is 0 Å². The molecule has 1 aromatic carbocycles. The van der Waals surface area contributed by atoms with Crippen LogP contribution in [0.1, 0.15) is 0 Å². The number of likely N-dealkylation sites (N-methyl/N-ethyl adjacent to an activating group) is 1. The standard InChI is InChI=1S/C10H10BrF2NOS/c1-14(4-6-5-15-6)16-10-3-8(12)7(11)2-9(10)13/h2-3,6H,4-5H2,1H3/t6-/m0/s1. The number of ether oxygens (including phenoxy) is 1. The summed E-state index contributed by atoms with van der Waals surface area (Å²) in [7, 11) is 1.83. The van der Waals surface area contributed by atoms with Gasteiger partial charge in [0.1, 0.15) is 11.6 Å². The van der Waals surface area contributed by atoms with Gasteiger partial charge in [-0.05, 0) is 47.1 Å². The zero-order valence-electron chi connectivity index (χ0n) is 8.54. The van der Waals surface area contributed by atoms with E-state index < -0.39 is 11.6 Å². The van der Waals surface area contributed by atoms with Crippen LogP contribution >= 0.6 is 27.9 Å². The van der Waals surface area contributed by atoms with Crippen LogP contribution in [0.25, 0.3) is 0 Å². The van der Waals surface area contributed by atoms with Crippen LogP contribution in [0.3, 0.4) is 0 Å². The van der Waals surface area contributed by atoms with E-state index >= 15 is 0 Å². The Labute approximate surface area is 105 Å². The molecule has 1 atom stereocenters. The zero-order valence-corrected chi connectivity index (χ0v) is 10.9. The average Bonchev–Trinajstić information content (AvgIpc) is 2.98. The van der Waals surface area contributed by atoms with Crippen LogP contribution in [0, 0.1) is 11.6 Å². The minimum atomic E-state index is -0.458. The summed E-state index contributed by atoms with van der Waals surface area (Å²) in [5.74, 6) is -0.887. The first kappa shape index (κ1) is 12.3. The lowest BCUT2D eigenvalue weighted by Crippen LogP contribution is -2.15. The van der Waals surface area contributed by atoms with Gasteiger partial charge in [0.05, 0.1) is 22.1 Å². The van der Waals surface area contributed by atoms with Crippen molar-refractivity contribution in [2.75, 3.05) is 20.2 Å². The van der Waals surface area contributed by atoms with E-state index in [2.05, 4.69) is 15.9 Å². The topological polar surface area (TPSA) is 15.8 Å². The van der Waals surface area contributed by atoms with Crippen molar-refractivity contribution >= 4 is 27.9 Å². The molecule has 0 bridgehead atoms. The molecule has 1 aromatic rings. The molecule has 0 aliphatic carbocycles. The Bertz CT molecular complexity index is 401. The van der Waals surface area contributed by atoms with Crippen molar-refractivity contribution in [3.63, 3.8) is 0 Å². The van der Waals surface area contributed by atoms with Gasteiger partial charge in [-0.25, -0.2) is 13.1 Å². The highest BCUT2D eigenvalue weighted by atomic mass is 79.9. The smallest absolute Gasteiger partial charge is 0.139 e. The average molecular weight is 310 g/mol. The van der Waals surface area contributed by atoms with Gasteiger partial charge in [0.15, 0.2) is 0 Å². The van der Waals surface area contributed by atoms with Gasteiger partial charge in [-0.3, -0.25) is 0 Å². The molecule has 88 valence electrons. The van der Waals surface area contributed by atoms with Crippen LogP contribution in [-0.4, -0.2) is 30.6 Å². The summed E-state index contributed by atoms with van der Waals surface area (Å²) in [4.78, 5) is 0.281. The molecule has 0 aromatic heterocycles. The summed E-state index contributed by atoms with van der Waals surface area (Å²) in [6.07, 6.45) is 0.237. The third-order valence-electron chi connectivity index (χ3n) is 2.09. The molecule has 0 amide bonds. The van der Waals surface area contributed by atoms with Crippen LogP contribution < -0.4 is 0 Å². The molecule has 0 N–H and O–H groups in total. The lowest BCUT2D eigenvalue weighted by Gasteiger charge is -2.14. The second-order valence-corrected chi connectivity index (χ2v) is 5.65. The van der Waals surface area contributed by atoms with E-state index in [1.54, 1.807) is 0 Å². The fraction of sp³-hybridized carbons (Fsp3) is 0.400. The minimum absolute atomic E-state index is 0.141. The summed E-state index contributed by atoms with van der Waals surface area (Å²) in [6.45, 7) is 1.46. The number of benzene rings is 1. The highest BCUT2D eigenvalue weighted by Gasteiger charge is 2.24. The number of nitrogens with zero attached hydrogens (tertiary/aromatic N) is 1. The first-order chi connectivity index (χ1) is 7.56. The predicted octanol–water partition coefficient (Wildman–Crippen LogP) is 3.07. The van der Waals surface area contributed by atoms with E-state index in [0.717, 1.165) is 12.7 Å². The first-order valence-corrected chi connectivity index (χ1v) is 6.28. The Balaban J connectivity index is 2.04. The van der Waals surface area contributed by atoms with Crippen molar-refractivity contribution in [2.45, 2.75) is 11.0 Å². The van der Waals surface area contributed by atoms with E-state index in [0.29, 0.717) is 6.54 Å². The van der Waals surface area contributed by atoms with Crippen molar-refractivity contribution in [3.05, 3.63) is 28.2 Å². The molecule has 2 rings (SSSR count). The Morgan fingerprint density at radius 2 is 2.19 bits per heavy atom. The summed E-state index contributed by atoms with van der Waals surface area (Å²) in [6, 6.07) is 2.33. The van der Waals surface area contributed by atoms with E-state index in [1.165, 1.54) is 18.0 Å². The quantitative estimate of drug-likeness (QED) is 0.483. The summed E-state index contributed by atoms with van der Waals surface area (Å²) < 4.78 is 33.7. The highest BCUT2D eigenvalue weighted by molar-refractivity contribution is 9.10. The van der Waals surface area contributed by atoms with Gasteiger partial charge in [-0.2, -0.15) is 0 Å². The largest absolute Gasteiger partial charge is 0.372 e. The van der Waals surface area contributed by atoms with Gasteiger partial charge in [-0.1, -0.05) is 0 Å². The maximum atomic E-state index is 13.5. The fourth-order valence-corrected chi connectivity index (χ4v) is 2.43. The summed E-state index contributed by atoms with van der Waals surface area (Å²) in [5, 5.41) is 0. The Morgan fingerprint density at radius 1 is 1.50 bits per heavy atom. The van der Waals surface area contributed by atoms with Crippen molar-refractivity contribution < 1.29 is 13.5 Å². The van der Waals surface area contributed by atoms with Crippen molar-refractivity contribution in [1.82, 2.24) is 4.31 Å². The molecule has 0 radical (unpaired) electrons. The van der Waals surface area contributed by atoms with Crippen LogP contribution in [-0.2, 0) is 4.74 Å². The maximum absolute atomic E-state index is 13.5. The number of halogens is 3. The lowest BCUT2D eigenvalue weighted by atomic mass is 10.3. The van der Waals surface area contributed by atoms with E-state index in [4.69, 9.17) is 4.74 Å². The molecule has 1 heterocycles. The number of rotatable bonds is 4. The predicted molar refractivity (Wildman–Crippen MR) is 62.3 cm³/mol. The maximum Gasteiger partial charge on any atom is 0.139 e. The Morgan fingerprint density at radius 3 is 2.81 bits per heavy atom. The van der Waals surface area contributed by atoms with E-state index in [1.807, 2.05) is 11.4 Å². The number of hydrogen-bond acceptors (Lipinski definition) is 3. The van der Waals surface area contributed by atoms with E-state index in [9.17, 15) is 8.78 Å². The van der Waals surface area contributed by atoms with Gasteiger partial charge < -0.3 is 4.74 Å². The molecule has 1 aliphatic rings. The molecule has 0 saturated carbocycles. The Hall–Kier alpha value is -0.170. The molecule has 1 aliphatic heterocycles. The monoisotopic (exact) mass is 309 g/mol. The number of hydrogen-bond donors (Lipinski definition) is 0. The zero-order chi connectivity index (χ0) is 11.7. The Kier molecular flexibility index (Phi) is 3.84. The molecule has 0 unspecified atom stereocenters. The number of epoxide rings is 1. The minimum Gasteiger partial charge on any atom is -0.372 e. The van der Waals surface area contributed by atoms with Crippen LogP contribution in [0.5, 0.6) is 0 Å². The second-order valence-electron chi connectivity index (χ2n) is 3.55. The summed E-state index contributed by atoms with van der Waals surface area (Å²) in [5.41, 5.74) is 0. The molecule has 6 heteroatoms. The van der Waals surface area contributed by atoms with Crippen LogP contribution in [0.4, 0.5) is 8.78 Å². The third kappa shape index (κ3) is 3.16. The highest BCUT2D eigenvalue weighted by Crippen LogP contribution is 2.29. The molecular weight excluding hydrogens is 300 g/mol. The first-order valence-electron chi connectivity index (χ1n) is 4.71. The molecule has 1 saturated heterocycles. The SMILES string of the molecule is CN(C[C@H]1CO1)Sc1cc(F)c(Br)cc1F. The van der Waals surface area contributed by atoms with Gasteiger partial charge in [-0.15, -0.1) is 0 Å². The molecular formula is C10H10BrF2NOS. The van der Waals surface area contributed by atoms with Crippen LogP contribution in [0.2, 0.25) is 0 Å². The summed E-state index contributed by atoms with van der Waals surface area (Å²) >= 11 is 4.12. The van der Waals surface area contributed by atoms with Gasteiger partial charge in [0.25, 0.3) is 0 Å². The fourth-order valence-electron chi connectivity index (χ4n) is 1.24. The van der Waals surface area contributed by atoms with Crippen molar-refractivity contribution in [2.24, 2.45) is 0 Å². The van der Waals surface area contributed by atoms with Crippen molar-refractivity contribution in [3.8, 4) is 0 Å². The van der Waals surface area contributed by atoms with Crippen LogP contribution in [0.15, 0.2) is 21.5 Å². The molecule has 0 spiro atoms. The molecule has 16 heavy (non-hydrogen) atoms.